The van der Waals surface area contributed by atoms with E-state index >= 15 is 0 Å². The molecule has 0 aromatic carbocycles. The SMILES string of the molecule is CC(C)(C)COS(=O)(=O)CCNN.Cl. The van der Waals surface area contributed by atoms with E-state index in [2.05, 4.69) is 5.43 Å². The van der Waals surface area contributed by atoms with E-state index < -0.39 is 10.1 Å². The van der Waals surface area contributed by atoms with Crippen LogP contribution in [-0.2, 0) is 14.3 Å². The number of hydrogen-bond donors (Lipinski definition) is 2. The first-order valence-corrected chi connectivity index (χ1v) is 5.65. The second-order valence-electron chi connectivity index (χ2n) is 4.04. The molecule has 0 rings (SSSR count). The first kappa shape index (κ1) is 16.5. The number of nitrogens with one attached hydrogen (secondary N) is 1. The maximum Gasteiger partial charge on any atom is 0.268 e. The molecule has 0 atom stereocenters. The van der Waals surface area contributed by atoms with Gasteiger partial charge in [0.15, 0.2) is 0 Å². The van der Waals surface area contributed by atoms with Gasteiger partial charge in [-0.2, -0.15) is 8.42 Å². The van der Waals surface area contributed by atoms with Crippen molar-refractivity contribution in [3.8, 4) is 0 Å². The summed E-state index contributed by atoms with van der Waals surface area (Å²) in [6.45, 7) is 6.11. The Balaban J connectivity index is 0. The number of hydrazine groups is 1. The number of hydrogen-bond acceptors (Lipinski definition) is 5. The normalized spacial score (nSPS) is 12.3. The van der Waals surface area contributed by atoms with Crippen molar-refractivity contribution in [1.29, 1.82) is 0 Å². The first-order valence-electron chi connectivity index (χ1n) is 4.07. The van der Waals surface area contributed by atoms with Crippen molar-refractivity contribution in [2.24, 2.45) is 11.3 Å². The summed E-state index contributed by atoms with van der Waals surface area (Å²) in [4.78, 5) is 0. The van der Waals surface area contributed by atoms with Crippen LogP contribution in [0.1, 0.15) is 20.8 Å². The topological polar surface area (TPSA) is 81.4 Å². The van der Waals surface area contributed by atoms with Crippen molar-refractivity contribution in [3.05, 3.63) is 0 Å². The number of halogens is 1. The fraction of sp³-hybridized carbons (Fsp3) is 1.00. The molecule has 0 amide bonds. The number of rotatable bonds is 5. The fourth-order valence-electron chi connectivity index (χ4n) is 0.509. The smallest absolute Gasteiger partial charge is 0.268 e. The molecule has 0 radical (unpaired) electrons. The molecule has 0 aliphatic rings. The molecule has 14 heavy (non-hydrogen) atoms. The van der Waals surface area contributed by atoms with E-state index in [0.29, 0.717) is 0 Å². The minimum Gasteiger partial charge on any atom is -0.271 e. The molecule has 0 saturated heterocycles. The summed E-state index contributed by atoms with van der Waals surface area (Å²) in [5.41, 5.74) is 2.11. The molecular formula is C7H19ClN2O3S. The lowest BCUT2D eigenvalue weighted by Gasteiger charge is -2.17. The summed E-state index contributed by atoms with van der Waals surface area (Å²) < 4.78 is 27.0. The molecule has 0 fully saturated rings. The van der Waals surface area contributed by atoms with Crippen molar-refractivity contribution in [1.82, 2.24) is 5.43 Å². The quantitative estimate of drug-likeness (QED) is 0.413. The van der Waals surface area contributed by atoms with Crippen LogP contribution in [0.4, 0.5) is 0 Å². The Morgan fingerprint density at radius 1 is 1.36 bits per heavy atom. The maximum atomic E-state index is 11.1. The van der Waals surface area contributed by atoms with Crippen LogP contribution in [0.15, 0.2) is 0 Å². The predicted molar refractivity (Wildman–Crippen MR) is 58.6 cm³/mol. The summed E-state index contributed by atoms with van der Waals surface area (Å²) >= 11 is 0. The Kier molecular flexibility index (Phi) is 7.77. The van der Waals surface area contributed by atoms with Crippen molar-refractivity contribution in [2.45, 2.75) is 20.8 Å². The Bertz CT molecular complexity index is 236. The average Bonchev–Trinajstić information content (AvgIpc) is 1.97. The molecule has 0 aliphatic heterocycles. The molecule has 7 heteroatoms. The molecule has 0 aromatic heterocycles. The van der Waals surface area contributed by atoms with E-state index in [1.54, 1.807) is 0 Å². The maximum absolute atomic E-state index is 11.1. The summed E-state index contributed by atoms with van der Waals surface area (Å²) in [6, 6.07) is 0. The summed E-state index contributed by atoms with van der Waals surface area (Å²) in [7, 11) is -3.42. The van der Waals surface area contributed by atoms with Gasteiger partial charge in [0, 0.05) is 6.54 Å². The fourth-order valence-corrected chi connectivity index (χ4v) is 1.53. The lowest BCUT2D eigenvalue weighted by Crippen LogP contribution is -2.30. The molecule has 3 N–H and O–H groups in total. The molecule has 0 aliphatic carbocycles. The van der Waals surface area contributed by atoms with Crippen LogP contribution >= 0.6 is 12.4 Å². The molecule has 0 saturated carbocycles. The van der Waals surface area contributed by atoms with Gasteiger partial charge < -0.3 is 0 Å². The molecule has 0 spiro atoms. The zero-order valence-electron chi connectivity index (χ0n) is 8.74. The zero-order chi connectivity index (χ0) is 10.5. The highest BCUT2D eigenvalue weighted by atomic mass is 35.5. The monoisotopic (exact) mass is 246 g/mol. The van der Waals surface area contributed by atoms with Gasteiger partial charge in [-0.25, -0.2) is 0 Å². The van der Waals surface area contributed by atoms with E-state index in [1.807, 2.05) is 20.8 Å². The van der Waals surface area contributed by atoms with Crippen LogP contribution in [0.2, 0.25) is 0 Å². The summed E-state index contributed by atoms with van der Waals surface area (Å²) in [5, 5.41) is 0. The van der Waals surface area contributed by atoms with E-state index in [4.69, 9.17) is 10.0 Å². The standard InChI is InChI=1S/C7H18N2O3S.ClH/c1-7(2,3)6-12-13(10,11)5-4-9-8;/h9H,4-6,8H2,1-3H3;1H. The van der Waals surface area contributed by atoms with Crippen LogP contribution < -0.4 is 11.3 Å². The van der Waals surface area contributed by atoms with Gasteiger partial charge in [0.2, 0.25) is 0 Å². The lowest BCUT2D eigenvalue weighted by molar-refractivity contribution is 0.203. The van der Waals surface area contributed by atoms with E-state index in [9.17, 15) is 8.42 Å². The second-order valence-corrected chi connectivity index (χ2v) is 5.80. The molecule has 0 heterocycles. The van der Waals surface area contributed by atoms with Gasteiger partial charge in [0.05, 0.1) is 12.4 Å². The Hall–Kier alpha value is 0.120. The largest absolute Gasteiger partial charge is 0.271 e. The molecule has 5 nitrogen and oxygen atoms in total. The van der Waals surface area contributed by atoms with Crippen LogP contribution in [0.25, 0.3) is 0 Å². The van der Waals surface area contributed by atoms with Gasteiger partial charge in [-0.05, 0) is 5.41 Å². The van der Waals surface area contributed by atoms with Gasteiger partial charge >= 0.3 is 0 Å². The van der Waals surface area contributed by atoms with E-state index in [0.717, 1.165) is 0 Å². The second kappa shape index (κ2) is 6.58. The Labute approximate surface area is 91.9 Å². The Morgan fingerprint density at radius 2 is 1.86 bits per heavy atom. The first-order chi connectivity index (χ1) is 5.77. The average molecular weight is 247 g/mol. The summed E-state index contributed by atoms with van der Waals surface area (Å²) in [5.74, 6) is 4.85. The minimum absolute atomic E-state index is 0. The Morgan fingerprint density at radius 3 is 2.21 bits per heavy atom. The van der Waals surface area contributed by atoms with Gasteiger partial charge in [0.25, 0.3) is 10.1 Å². The molecule has 0 aromatic rings. The summed E-state index contributed by atoms with van der Waals surface area (Å²) in [6.07, 6.45) is 0. The van der Waals surface area contributed by atoms with Gasteiger partial charge in [-0.3, -0.25) is 15.5 Å². The van der Waals surface area contributed by atoms with Crippen LogP contribution in [0.3, 0.4) is 0 Å². The van der Waals surface area contributed by atoms with Crippen molar-refractivity contribution < 1.29 is 12.6 Å². The molecule has 0 unspecified atom stereocenters. The van der Waals surface area contributed by atoms with Crippen LogP contribution in [-0.4, -0.2) is 27.3 Å². The minimum atomic E-state index is -3.42. The molecule has 88 valence electrons. The molecular weight excluding hydrogens is 228 g/mol. The van der Waals surface area contributed by atoms with Gasteiger partial charge in [-0.15, -0.1) is 12.4 Å². The predicted octanol–water partition coefficient (Wildman–Crippen LogP) is 0.264. The van der Waals surface area contributed by atoms with Gasteiger partial charge in [-0.1, -0.05) is 20.8 Å². The molecule has 0 bridgehead atoms. The highest BCUT2D eigenvalue weighted by Gasteiger charge is 2.17. The third-order valence-corrected chi connectivity index (χ3v) is 2.35. The lowest BCUT2D eigenvalue weighted by atomic mass is 9.99. The van der Waals surface area contributed by atoms with Crippen LogP contribution in [0, 0.1) is 5.41 Å². The van der Waals surface area contributed by atoms with Crippen molar-refractivity contribution >= 4 is 22.5 Å². The third kappa shape index (κ3) is 10.2. The van der Waals surface area contributed by atoms with E-state index in [1.165, 1.54) is 0 Å². The highest BCUT2D eigenvalue weighted by Crippen LogP contribution is 2.14. The van der Waals surface area contributed by atoms with Crippen molar-refractivity contribution in [3.63, 3.8) is 0 Å². The highest BCUT2D eigenvalue weighted by molar-refractivity contribution is 7.86. The van der Waals surface area contributed by atoms with E-state index in [-0.39, 0.29) is 36.7 Å². The van der Waals surface area contributed by atoms with Crippen LogP contribution in [0.5, 0.6) is 0 Å². The van der Waals surface area contributed by atoms with Crippen molar-refractivity contribution in [2.75, 3.05) is 18.9 Å². The van der Waals surface area contributed by atoms with Gasteiger partial charge in [0.1, 0.15) is 0 Å². The number of nitrogens with two attached hydrogens (primary N) is 1. The third-order valence-electron chi connectivity index (χ3n) is 1.17. The zero-order valence-corrected chi connectivity index (χ0v) is 10.4.